The number of nitrogens with one attached hydrogen (secondary N) is 1. The highest BCUT2D eigenvalue weighted by molar-refractivity contribution is 7.22. The van der Waals surface area contributed by atoms with E-state index in [0.29, 0.717) is 12.2 Å². The number of likely N-dealkylation sites (tertiary alicyclic amines) is 1. The van der Waals surface area contributed by atoms with E-state index >= 15 is 0 Å². The van der Waals surface area contributed by atoms with E-state index in [9.17, 15) is 0 Å². The van der Waals surface area contributed by atoms with Gasteiger partial charge in [-0.1, -0.05) is 35.5 Å². The van der Waals surface area contributed by atoms with Crippen molar-refractivity contribution in [2.75, 3.05) is 33.4 Å². The molecule has 5 aromatic rings. The predicted molar refractivity (Wildman–Crippen MR) is 151 cm³/mol. The minimum Gasteiger partial charge on any atom is -0.496 e. The van der Waals surface area contributed by atoms with Crippen LogP contribution in [0.4, 0.5) is 0 Å². The van der Waals surface area contributed by atoms with Crippen molar-refractivity contribution in [3.63, 3.8) is 0 Å². The summed E-state index contributed by atoms with van der Waals surface area (Å²) >= 11 is 1.85. The maximum absolute atomic E-state index is 6.05. The molecule has 3 heterocycles. The smallest absolute Gasteiger partial charge is 0.179 e. The minimum atomic E-state index is 0.568. The Morgan fingerprint density at radius 3 is 2.61 bits per heavy atom. The number of ether oxygens (including phenoxy) is 2. The maximum Gasteiger partial charge on any atom is 0.179 e. The highest BCUT2D eigenvalue weighted by Crippen LogP contribution is 2.40. The topological polar surface area (TPSA) is 76.2 Å². The predicted octanol–water partition coefficient (Wildman–Crippen LogP) is 5.75. The summed E-state index contributed by atoms with van der Waals surface area (Å²) in [5, 5.41) is 15.6. The summed E-state index contributed by atoms with van der Waals surface area (Å²) in [6.45, 7) is 4.13. The third kappa shape index (κ3) is 5.42. The van der Waals surface area contributed by atoms with Gasteiger partial charge in [0, 0.05) is 28.1 Å². The van der Waals surface area contributed by atoms with Gasteiger partial charge >= 0.3 is 0 Å². The minimum absolute atomic E-state index is 0.568. The Labute approximate surface area is 226 Å². The molecule has 7 nitrogen and oxygen atoms in total. The van der Waals surface area contributed by atoms with Crippen LogP contribution >= 0.6 is 11.3 Å². The van der Waals surface area contributed by atoms with Gasteiger partial charge in [0.2, 0.25) is 0 Å². The summed E-state index contributed by atoms with van der Waals surface area (Å²) in [6, 6.07) is 23.6. The van der Waals surface area contributed by atoms with Gasteiger partial charge in [-0.25, -0.2) is 0 Å². The highest BCUT2D eigenvalue weighted by atomic mass is 32.1. The fourth-order valence-electron chi connectivity index (χ4n) is 5.19. The lowest BCUT2D eigenvalue weighted by molar-refractivity contribution is 0.238. The standard InChI is InChI=1S/C30H31N5O2S/c1-36-27-19-21(8-9-23(27)20-29-31-33-34-32-29)18-26-25-6-2-3-7-28(25)38-30(26)22-10-12-24(13-11-22)37-17-16-35-14-4-5-15-35/h2-3,6-13,19H,4-5,14-18,20H2,1H3,(H,31,32,33,34). The Bertz CT molecular complexity index is 1490. The number of nitrogens with zero attached hydrogens (tertiary/aromatic N) is 4. The molecule has 38 heavy (non-hydrogen) atoms. The number of hydrogen-bond acceptors (Lipinski definition) is 7. The molecule has 0 radical (unpaired) electrons. The van der Waals surface area contributed by atoms with Crippen molar-refractivity contribution in [1.82, 2.24) is 25.5 Å². The molecule has 1 aliphatic heterocycles. The SMILES string of the molecule is COc1cc(Cc2c(-c3ccc(OCCN4CCCC4)cc3)sc3ccccc23)ccc1Cc1nn[nH]n1. The van der Waals surface area contributed by atoms with Gasteiger partial charge in [-0.3, -0.25) is 4.90 Å². The van der Waals surface area contributed by atoms with E-state index in [-0.39, 0.29) is 0 Å². The maximum atomic E-state index is 6.05. The third-order valence-electron chi connectivity index (χ3n) is 7.16. The molecular weight excluding hydrogens is 494 g/mol. The average Bonchev–Trinajstić information content (AvgIpc) is 3.73. The van der Waals surface area contributed by atoms with Gasteiger partial charge in [0.05, 0.1) is 7.11 Å². The van der Waals surface area contributed by atoms with Gasteiger partial charge in [-0.15, -0.1) is 21.5 Å². The number of methoxy groups -OCH3 is 1. The number of tetrazole rings is 1. The first-order chi connectivity index (χ1) is 18.8. The van der Waals surface area contributed by atoms with E-state index in [0.717, 1.165) is 36.6 Å². The zero-order chi connectivity index (χ0) is 25.7. The molecular formula is C30H31N5O2S. The lowest BCUT2D eigenvalue weighted by Gasteiger charge is -2.15. The van der Waals surface area contributed by atoms with Crippen molar-refractivity contribution in [2.45, 2.75) is 25.7 Å². The van der Waals surface area contributed by atoms with Gasteiger partial charge in [0.15, 0.2) is 5.82 Å². The van der Waals surface area contributed by atoms with Gasteiger partial charge in [-0.05, 0) is 90.8 Å². The first-order valence-corrected chi connectivity index (χ1v) is 13.9. The molecule has 0 bridgehead atoms. The van der Waals surface area contributed by atoms with Crippen LogP contribution in [0.2, 0.25) is 0 Å². The van der Waals surface area contributed by atoms with Crippen LogP contribution in [0.5, 0.6) is 11.5 Å². The molecule has 0 unspecified atom stereocenters. The van der Waals surface area contributed by atoms with Gasteiger partial charge < -0.3 is 9.47 Å². The summed E-state index contributed by atoms with van der Waals surface area (Å²) in [5.74, 6) is 2.41. The zero-order valence-electron chi connectivity index (χ0n) is 21.5. The molecule has 8 heteroatoms. The molecule has 1 fully saturated rings. The van der Waals surface area contributed by atoms with Crippen molar-refractivity contribution < 1.29 is 9.47 Å². The zero-order valence-corrected chi connectivity index (χ0v) is 22.3. The first kappa shape index (κ1) is 24.6. The Morgan fingerprint density at radius 2 is 1.82 bits per heavy atom. The number of aromatic amines is 1. The molecule has 194 valence electrons. The molecule has 0 aliphatic carbocycles. The second-order valence-corrected chi connectivity index (χ2v) is 10.7. The largest absolute Gasteiger partial charge is 0.496 e. The van der Waals surface area contributed by atoms with E-state index in [4.69, 9.17) is 9.47 Å². The monoisotopic (exact) mass is 525 g/mol. The molecule has 1 N–H and O–H groups in total. The normalized spacial score (nSPS) is 13.8. The third-order valence-corrected chi connectivity index (χ3v) is 8.42. The lowest BCUT2D eigenvalue weighted by Crippen LogP contribution is -2.25. The summed E-state index contributed by atoms with van der Waals surface area (Å²) in [7, 11) is 1.71. The number of benzene rings is 3. The fraction of sp³-hybridized carbons (Fsp3) is 0.300. The Morgan fingerprint density at radius 1 is 0.974 bits per heavy atom. The molecule has 0 amide bonds. The highest BCUT2D eigenvalue weighted by Gasteiger charge is 2.16. The second kappa shape index (κ2) is 11.3. The van der Waals surface area contributed by atoms with Crippen molar-refractivity contribution in [3.8, 4) is 21.9 Å². The van der Waals surface area contributed by atoms with Crippen LogP contribution in [-0.2, 0) is 12.8 Å². The first-order valence-electron chi connectivity index (χ1n) is 13.1. The molecule has 1 saturated heterocycles. The summed E-state index contributed by atoms with van der Waals surface area (Å²) in [4.78, 5) is 3.77. The summed E-state index contributed by atoms with van der Waals surface area (Å²) in [6.07, 6.45) is 4.00. The van der Waals surface area contributed by atoms with Crippen LogP contribution in [-0.4, -0.2) is 58.9 Å². The molecule has 2 aromatic heterocycles. The van der Waals surface area contributed by atoms with E-state index in [1.165, 1.54) is 57.6 Å². The van der Waals surface area contributed by atoms with Crippen molar-refractivity contribution >= 4 is 21.4 Å². The Kier molecular flexibility index (Phi) is 7.33. The van der Waals surface area contributed by atoms with Crippen LogP contribution in [0, 0.1) is 0 Å². The number of thiophene rings is 1. The van der Waals surface area contributed by atoms with E-state index in [1.807, 2.05) is 11.3 Å². The lowest BCUT2D eigenvalue weighted by atomic mass is 9.97. The van der Waals surface area contributed by atoms with Crippen LogP contribution in [0.3, 0.4) is 0 Å². The molecule has 0 saturated carbocycles. The van der Waals surface area contributed by atoms with Crippen molar-refractivity contribution in [1.29, 1.82) is 0 Å². The van der Waals surface area contributed by atoms with Gasteiger partial charge in [0.25, 0.3) is 0 Å². The van der Waals surface area contributed by atoms with Gasteiger partial charge in [0.1, 0.15) is 18.1 Å². The molecule has 0 atom stereocenters. The number of fused-ring (bicyclic) bond motifs is 1. The van der Waals surface area contributed by atoms with Crippen LogP contribution in [0.1, 0.15) is 35.4 Å². The van der Waals surface area contributed by atoms with Crippen molar-refractivity contribution in [3.05, 3.63) is 89.2 Å². The van der Waals surface area contributed by atoms with Crippen LogP contribution < -0.4 is 9.47 Å². The summed E-state index contributed by atoms with van der Waals surface area (Å²) in [5.41, 5.74) is 4.79. The Hall–Kier alpha value is -3.75. The van der Waals surface area contributed by atoms with E-state index < -0.39 is 0 Å². The van der Waals surface area contributed by atoms with Crippen LogP contribution in [0.25, 0.3) is 20.5 Å². The van der Waals surface area contributed by atoms with Crippen molar-refractivity contribution in [2.24, 2.45) is 0 Å². The molecule has 0 spiro atoms. The average molecular weight is 526 g/mol. The van der Waals surface area contributed by atoms with Crippen LogP contribution in [0.15, 0.2) is 66.7 Å². The summed E-state index contributed by atoms with van der Waals surface area (Å²) < 4.78 is 13.1. The number of rotatable bonds is 10. The van der Waals surface area contributed by atoms with E-state index in [2.05, 4.69) is 92.3 Å². The number of H-pyrrole nitrogens is 1. The molecule has 3 aromatic carbocycles. The fourth-order valence-corrected chi connectivity index (χ4v) is 6.41. The Balaban J connectivity index is 1.24. The molecule has 6 rings (SSSR count). The quantitative estimate of drug-likeness (QED) is 0.250. The van der Waals surface area contributed by atoms with Gasteiger partial charge in [-0.2, -0.15) is 5.21 Å². The second-order valence-electron chi connectivity index (χ2n) is 9.66. The number of hydrogen-bond donors (Lipinski definition) is 1. The van der Waals surface area contributed by atoms with E-state index in [1.54, 1.807) is 7.11 Å². The molecule has 1 aliphatic rings. The number of aromatic nitrogens is 4.